The second kappa shape index (κ2) is 8.97. The third-order valence-electron chi connectivity index (χ3n) is 4.73. The average Bonchev–Trinajstić information content (AvgIpc) is 2.72. The molecule has 0 atom stereocenters. The first-order valence-corrected chi connectivity index (χ1v) is 9.32. The molecule has 0 unspecified atom stereocenters. The molecule has 1 saturated heterocycles. The minimum Gasteiger partial charge on any atom is -0.457 e. The van der Waals surface area contributed by atoms with Crippen LogP contribution in [0.3, 0.4) is 0 Å². The van der Waals surface area contributed by atoms with E-state index in [9.17, 15) is 18.8 Å². The van der Waals surface area contributed by atoms with Crippen molar-refractivity contribution in [2.24, 2.45) is 5.92 Å². The van der Waals surface area contributed by atoms with Gasteiger partial charge in [-0.15, -0.1) is 0 Å². The molecule has 1 fully saturated rings. The van der Waals surface area contributed by atoms with E-state index in [1.165, 1.54) is 24.3 Å². The van der Waals surface area contributed by atoms with Crippen molar-refractivity contribution >= 4 is 29.3 Å². The Morgan fingerprint density at radius 1 is 1.04 bits per heavy atom. The number of ether oxygens (including phenoxy) is 1. The van der Waals surface area contributed by atoms with E-state index in [-0.39, 0.29) is 24.2 Å². The number of Topliss-reactive ketones (excluding diaryl/α,β-unsaturated/α-hetero) is 1. The van der Waals surface area contributed by atoms with Gasteiger partial charge < -0.3 is 9.64 Å². The SMILES string of the molecule is O=C(COC(=O)C1CCN(C(=O)c2ccc(F)cc2)CC1)c1ccccc1Cl. The number of carbonyl (C=O) groups is 3. The van der Waals surface area contributed by atoms with Crippen LogP contribution in [-0.2, 0) is 9.53 Å². The minimum absolute atomic E-state index is 0.194. The van der Waals surface area contributed by atoms with Crippen molar-refractivity contribution in [3.8, 4) is 0 Å². The van der Waals surface area contributed by atoms with Crippen LogP contribution in [0.2, 0.25) is 5.02 Å². The van der Waals surface area contributed by atoms with E-state index in [0.29, 0.717) is 42.1 Å². The maximum atomic E-state index is 13.0. The minimum atomic E-state index is -0.450. The molecule has 5 nitrogen and oxygen atoms in total. The van der Waals surface area contributed by atoms with Gasteiger partial charge in [0.05, 0.1) is 10.9 Å². The van der Waals surface area contributed by atoms with Crippen molar-refractivity contribution in [2.75, 3.05) is 19.7 Å². The monoisotopic (exact) mass is 403 g/mol. The Kier molecular flexibility index (Phi) is 6.41. The number of benzene rings is 2. The molecular weight excluding hydrogens is 385 g/mol. The van der Waals surface area contributed by atoms with E-state index in [2.05, 4.69) is 0 Å². The van der Waals surface area contributed by atoms with Crippen LogP contribution in [0, 0.1) is 11.7 Å². The lowest BCUT2D eigenvalue weighted by Crippen LogP contribution is -2.40. The normalized spacial score (nSPS) is 14.6. The molecule has 28 heavy (non-hydrogen) atoms. The number of ketones is 1. The molecule has 0 spiro atoms. The van der Waals surface area contributed by atoms with Crippen molar-refractivity contribution in [3.05, 3.63) is 70.5 Å². The number of hydrogen-bond donors (Lipinski definition) is 0. The van der Waals surface area contributed by atoms with Gasteiger partial charge in [-0.25, -0.2) is 4.39 Å². The van der Waals surface area contributed by atoms with Crippen LogP contribution in [0.1, 0.15) is 33.6 Å². The van der Waals surface area contributed by atoms with Gasteiger partial charge in [-0.3, -0.25) is 14.4 Å². The van der Waals surface area contributed by atoms with Crippen LogP contribution in [0.25, 0.3) is 0 Å². The summed E-state index contributed by atoms with van der Waals surface area (Å²) < 4.78 is 18.1. The number of likely N-dealkylation sites (tertiary alicyclic amines) is 1. The predicted octanol–water partition coefficient (Wildman–Crippen LogP) is 3.76. The molecule has 1 aliphatic rings. The molecule has 0 radical (unpaired) electrons. The van der Waals surface area contributed by atoms with Gasteiger partial charge in [-0.2, -0.15) is 0 Å². The lowest BCUT2D eigenvalue weighted by Gasteiger charge is -2.31. The van der Waals surface area contributed by atoms with Crippen LogP contribution in [0.15, 0.2) is 48.5 Å². The highest BCUT2D eigenvalue weighted by Crippen LogP contribution is 2.21. The first kappa shape index (κ1) is 20.0. The summed E-state index contributed by atoms with van der Waals surface area (Å²) in [7, 11) is 0. The quantitative estimate of drug-likeness (QED) is 0.563. The molecule has 1 aliphatic heterocycles. The van der Waals surface area contributed by atoms with Crippen molar-refractivity contribution in [1.29, 1.82) is 0 Å². The number of carbonyl (C=O) groups excluding carboxylic acids is 3. The number of nitrogens with zero attached hydrogens (tertiary/aromatic N) is 1. The van der Waals surface area contributed by atoms with Crippen LogP contribution < -0.4 is 0 Å². The van der Waals surface area contributed by atoms with E-state index in [1.807, 2.05) is 0 Å². The van der Waals surface area contributed by atoms with E-state index in [1.54, 1.807) is 29.2 Å². The zero-order valence-electron chi connectivity index (χ0n) is 15.1. The fourth-order valence-electron chi connectivity index (χ4n) is 3.11. The van der Waals surface area contributed by atoms with Crippen LogP contribution in [0.4, 0.5) is 4.39 Å². The Labute approximate surface area is 167 Å². The first-order valence-electron chi connectivity index (χ1n) is 8.95. The molecule has 1 heterocycles. The smallest absolute Gasteiger partial charge is 0.309 e. The molecule has 1 amide bonds. The number of piperidine rings is 1. The van der Waals surface area contributed by atoms with Gasteiger partial charge >= 0.3 is 5.97 Å². The van der Waals surface area contributed by atoms with Gasteiger partial charge in [-0.1, -0.05) is 23.7 Å². The van der Waals surface area contributed by atoms with Crippen molar-refractivity contribution < 1.29 is 23.5 Å². The molecule has 0 aromatic heterocycles. The van der Waals surface area contributed by atoms with Crippen LogP contribution in [0.5, 0.6) is 0 Å². The number of halogens is 2. The first-order chi connectivity index (χ1) is 13.5. The van der Waals surface area contributed by atoms with E-state index >= 15 is 0 Å². The molecule has 0 bridgehead atoms. The zero-order valence-corrected chi connectivity index (χ0v) is 15.8. The Morgan fingerprint density at radius 3 is 2.32 bits per heavy atom. The molecule has 146 valence electrons. The Bertz CT molecular complexity index is 876. The summed E-state index contributed by atoms with van der Waals surface area (Å²) in [6, 6.07) is 12.0. The van der Waals surface area contributed by atoms with E-state index in [0.717, 1.165) is 0 Å². The average molecular weight is 404 g/mol. The Hall–Kier alpha value is -2.73. The molecular formula is C21H19ClFNO4. The predicted molar refractivity (Wildman–Crippen MR) is 102 cm³/mol. The molecule has 2 aromatic carbocycles. The molecule has 0 N–H and O–H groups in total. The number of rotatable bonds is 5. The summed E-state index contributed by atoms with van der Waals surface area (Å²) in [6.45, 7) is 0.431. The standard InChI is InChI=1S/C21H19ClFNO4/c22-18-4-2-1-3-17(18)19(25)13-28-21(27)15-9-11-24(12-10-15)20(26)14-5-7-16(23)8-6-14/h1-8,15H,9-13H2. The van der Waals surface area contributed by atoms with E-state index in [4.69, 9.17) is 16.3 Å². The van der Waals surface area contributed by atoms with Crippen LogP contribution in [-0.4, -0.2) is 42.3 Å². The topological polar surface area (TPSA) is 63.7 Å². The summed E-state index contributed by atoms with van der Waals surface area (Å²) in [4.78, 5) is 38.4. The maximum absolute atomic E-state index is 13.0. The number of esters is 1. The molecule has 0 saturated carbocycles. The van der Waals surface area contributed by atoms with Crippen LogP contribution >= 0.6 is 11.6 Å². The second-order valence-electron chi connectivity index (χ2n) is 6.58. The zero-order chi connectivity index (χ0) is 20.1. The fourth-order valence-corrected chi connectivity index (χ4v) is 3.35. The van der Waals surface area contributed by atoms with E-state index < -0.39 is 11.8 Å². The molecule has 7 heteroatoms. The molecule has 0 aliphatic carbocycles. The Morgan fingerprint density at radius 2 is 1.68 bits per heavy atom. The second-order valence-corrected chi connectivity index (χ2v) is 6.99. The third kappa shape index (κ3) is 4.75. The maximum Gasteiger partial charge on any atom is 0.309 e. The van der Waals surface area contributed by atoms with Crippen molar-refractivity contribution in [2.45, 2.75) is 12.8 Å². The lowest BCUT2D eigenvalue weighted by molar-refractivity contribution is -0.148. The van der Waals surface area contributed by atoms with Gasteiger partial charge in [0.1, 0.15) is 5.82 Å². The highest BCUT2D eigenvalue weighted by molar-refractivity contribution is 6.34. The summed E-state index contributed by atoms with van der Waals surface area (Å²) in [5.74, 6) is -1.77. The lowest BCUT2D eigenvalue weighted by atomic mass is 9.96. The summed E-state index contributed by atoms with van der Waals surface area (Å²) in [5, 5.41) is 0.316. The summed E-state index contributed by atoms with van der Waals surface area (Å²) in [6.07, 6.45) is 0.901. The highest BCUT2D eigenvalue weighted by Gasteiger charge is 2.29. The Balaban J connectivity index is 1.48. The third-order valence-corrected chi connectivity index (χ3v) is 5.06. The molecule has 3 rings (SSSR count). The van der Waals surface area contributed by atoms with Gasteiger partial charge in [0.25, 0.3) is 5.91 Å². The van der Waals surface area contributed by atoms with Gasteiger partial charge in [0, 0.05) is 24.2 Å². The highest BCUT2D eigenvalue weighted by atomic mass is 35.5. The number of hydrogen-bond acceptors (Lipinski definition) is 4. The fraction of sp³-hybridized carbons (Fsp3) is 0.286. The number of amides is 1. The molecule has 2 aromatic rings. The van der Waals surface area contributed by atoms with Gasteiger partial charge in [-0.05, 0) is 49.2 Å². The van der Waals surface area contributed by atoms with Crippen molar-refractivity contribution in [1.82, 2.24) is 4.90 Å². The van der Waals surface area contributed by atoms with Gasteiger partial charge in [0.2, 0.25) is 5.78 Å². The summed E-state index contributed by atoms with van der Waals surface area (Å²) in [5.41, 5.74) is 0.726. The largest absolute Gasteiger partial charge is 0.457 e. The van der Waals surface area contributed by atoms with Gasteiger partial charge in [0.15, 0.2) is 6.61 Å². The van der Waals surface area contributed by atoms with Crippen molar-refractivity contribution in [3.63, 3.8) is 0 Å². The summed E-state index contributed by atoms with van der Waals surface area (Å²) >= 11 is 5.97.